The summed E-state index contributed by atoms with van der Waals surface area (Å²) in [6.45, 7) is 4.83. The van der Waals surface area contributed by atoms with Crippen LogP contribution in [-0.4, -0.2) is 40.5 Å². The van der Waals surface area contributed by atoms with Crippen molar-refractivity contribution in [2.45, 2.75) is 51.4 Å². The van der Waals surface area contributed by atoms with Crippen molar-refractivity contribution in [1.29, 1.82) is 0 Å². The quantitative estimate of drug-likeness (QED) is 0.439. The fourth-order valence-electron chi connectivity index (χ4n) is 4.46. The van der Waals surface area contributed by atoms with E-state index >= 15 is 0 Å². The van der Waals surface area contributed by atoms with Gasteiger partial charge >= 0.3 is 0 Å². The zero-order chi connectivity index (χ0) is 23.4. The molecule has 8 heteroatoms. The van der Waals surface area contributed by atoms with Crippen molar-refractivity contribution < 1.29 is 13.9 Å². The molecule has 0 radical (unpaired) electrons. The molecule has 2 N–H and O–H groups in total. The molecule has 2 aromatic heterocycles. The van der Waals surface area contributed by atoms with Crippen LogP contribution in [0.4, 0.5) is 16.2 Å². The molecule has 0 atom stereocenters. The van der Waals surface area contributed by atoms with Gasteiger partial charge in [-0.05, 0) is 36.1 Å². The van der Waals surface area contributed by atoms with Crippen LogP contribution in [-0.2, 0) is 16.0 Å². The highest BCUT2D eigenvalue weighted by Crippen LogP contribution is 2.40. The van der Waals surface area contributed by atoms with Gasteiger partial charge in [-0.1, -0.05) is 31.6 Å². The number of hydrogen-bond acceptors (Lipinski definition) is 7. The van der Waals surface area contributed by atoms with Gasteiger partial charge in [0, 0.05) is 43.9 Å². The number of nitrogens with one attached hydrogen (secondary N) is 2. The van der Waals surface area contributed by atoms with Crippen LogP contribution in [0.5, 0.6) is 0 Å². The molecule has 0 unspecified atom stereocenters. The molecule has 1 spiro atoms. The van der Waals surface area contributed by atoms with Gasteiger partial charge in [0.15, 0.2) is 5.79 Å². The lowest BCUT2D eigenvalue weighted by atomic mass is 9.89. The number of halogens is 1. The summed E-state index contributed by atoms with van der Waals surface area (Å²) in [6, 6.07) is 6.45. The van der Waals surface area contributed by atoms with E-state index < -0.39 is 5.79 Å². The van der Waals surface area contributed by atoms with E-state index in [-0.39, 0.29) is 5.82 Å². The van der Waals surface area contributed by atoms with Crippen LogP contribution in [0.25, 0.3) is 16.5 Å². The minimum Gasteiger partial charge on any atom is -0.365 e. The second kappa shape index (κ2) is 10.0. The zero-order valence-corrected chi connectivity index (χ0v) is 19.4. The molecule has 2 aliphatic rings. The molecule has 1 saturated heterocycles. The van der Waals surface area contributed by atoms with E-state index in [1.165, 1.54) is 17.7 Å². The van der Waals surface area contributed by atoms with E-state index in [1.54, 1.807) is 12.1 Å². The molecule has 0 bridgehead atoms. The third-order valence-corrected chi connectivity index (χ3v) is 6.40. The predicted octanol–water partition coefficient (Wildman–Crippen LogP) is 5.30. The molecule has 1 aromatic carbocycles. The number of pyridine rings is 1. The van der Waals surface area contributed by atoms with Crippen LogP contribution in [0.3, 0.4) is 0 Å². The Balaban J connectivity index is 1.45. The van der Waals surface area contributed by atoms with E-state index in [1.807, 2.05) is 12.4 Å². The Hall–Kier alpha value is -3.10. The maximum Gasteiger partial charge on any atom is 0.223 e. The number of anilines is 2. The van der Waals surface area contributed by atoms with Gasteiger partial charge in [0.05, 0.1) is 24.1 Å². The van der Waals surface area contributed by atoms with Crippen LogP contribution in [0.1, 0.15) is 50.2 Å². The monoisotopic (exact) mass is 463 g/mol. The molecule has 178 valence electrons. The molecule has 7 nitrogen and oxygen atoms in total. The summed E-state index contributed by atoms with van der Waals surface area (Å²) < 4.78 is 25.0. The first kappa shape index (κ1) is 22.7. The van der Waals surface area contributed by atoms with Gasteiger partial charge in [0.1, 0.15) is 11.6 Å². The number of ether oxygens (including phenoxy) is 2. The third kappa shape index (κ3) is 4.88. The summed E-state index contributed by atoms with van der Waals surface area (Å²) in [5.74, 6) is 0.612. The van der Waals surface area contributed by atoms with Gasteiger partial charge < -0.3 is 20.1 Å². The lowest BCUT2D eigenvalue weighted by Gasteiger charge is -2.30. The zero-order valence-electron chi connectivity index (χ0n) is 19.4. The van der Waals surface area contributed by atoms with Gasteiger partial charge in [-0.15, -0.1) is 0 Å². The first-order valence-electron chi connectivity index (χ1n) is 12.0. The molecule has 1 aliphatic carbocycles. The molecular formula is C26H30FN5O2. The maximum absolute atomic E-state index is 13.2. The number of unbranched alkanes of at least 4 members (excludes halogenated alkanes) is 1. The van der Waals surface area contributed by atoms with E-state index in [4.69, 9.17) is 19.4 Å². The lowest BCUT2D eigenvalue weighted by Crippen LogP contribution is -2.31. The molecule has 0 amide bonds. The summed E-state index contributed by atoms with van der Waals surface area (Å²) >= 11 is 0. The van der Waals surface area contributed by atoms with Crippen molar-refractivity contribution >= 4 is 28.2 Å². The smallest absolute Gasteiger partial charge is 0.223 e. The van der Waals surface area contributed by atoms with Crippen LogP contribution in [0.2, 0.25) is 0 Å². The summed E-state index contributed by atoms with van der Waals surface area (Å²) in [6.07, 6.45) is 10.4. The van der Waals surface area contributed by atoms with Crippen LogP contribution in [0.15, 0.2) is 42.7 Å². The number of fused-ring (bicyclic) bond motifs is 1. The highest BCUT2D eigenvalue weighted by molar-refractivity contribution is 5.97. The minimum atomic E-state index is -0.467. The van der Waals surface area contributed by atoms with Gasteiger partial charge in [-0.3, -0.25) is 0 Å². The normalized spacial score (nSPS) is 17.2. The summed E-state index contributed by atoms with van der Waals surface area (Å²) in [7, 11) is 0. The number of rotatable bonds is 8. The fraction of sp³-hybridized carbons (Fsp3) is 0.423. The lowest BCUT2D eigenvalue weighted by molar-refractivity contribution is -0.159. The minimum absolute atomic E-state index is 0.246. The molecular weight excluding hydrogens is 433 g/mol. The van der Waals surface area contributed by atoms with E-state index in [0.717, 1.165) is 60.7 Å². The van der Waals surface area contributed by atoms with E-state index in [0.29, 0.717) is 31.5 Å². The van der Waals surface area contributed by atoms with Gasteiger partial charge in [-0.2, -0.15) is 0 Å². The predicted molar refractivity (Wildman–Crippen MR) is 131 cm³/mol. The molecule has 5 rings (SSSR count). The molecule has 1 fully saturated rings. The third-order valence-electron chi connectivity index (χ3n) is 6.40. The van der Waals surface area contributed by atoms with Crippen LogP contribution < -0.4 is 10.6 Å². The average molecular weight is 464 g/mol. The summed E-state index contributed by atoms with van der Waals surface area (Å²) in [5.41, 5.74) is 4.04. The number of allylic oxidation sites excluding steroid dienone is 1. The second-order valence-corrected chi connectivity index (χ2v) is 8.78. The van der Waals surface area contributed by atoms with Crippen molar-refractivity contribution in [2.75, 3.05) is 30.4 Å². The standard InChI is InChI=1S/C26H30FN5O2/c1-2-3-12-28-25-31-17-22-23(32-25)21(19-8-10-26(11-9-19)33-13-14-34-26)16-30-24(22)29-15-18-4-6-20(27)7-5-18/h4-8,16-17H,2-3,9-15H2,1H3,(H,29,30)(H,28,31,32). The number of nitrogens with zero attached hydrogens (tertiary/aromatic N) is 3. The first-order valence-corrected chi connectivity index (χ1v) is 12.0. The van der Waals surface area contributed by atoms with Crippen molar-refractivity contribution in [3.05, 3.63) is 59.7 Å². The Kier molecular flexibility index (Phi) is 6.69. The molecule has 3 aromatic rings. The average Bonchev–Trinajstić information content (AvgIpc) is 3.32. The Morgan fingerprint density at radius 1 is 1.06 bits per heavy atom. The van der Waals surface area contributed by atoms with E-state index in [2.05, 4.69) is 28.6 Å². The SMILES string of the molecule is CCCCNc1ncc2c(NCc3ccc(F)cc3)ncc(C3=CCC4(CC3)OCCO4)c2n1. The highest BCUT2D eigenvalue weighted by atomic mass is 19.1. The number of aromatic nitrogens is 3. The largest absolute Gasteiger partial charge is 0.365 e. The maximum atomic E-state index is 13.2. The summed E-state index contributed by atoms with van der Waals surface area (Å²) in [4.78, 5) is 14.1. The van der Waals surface area contributed by atoms with Crippen molar-refractivity contribution in [3.63, 3.8) is 0 Å². The van der Waals surface area contributed by atoms with Crippen molar-refractivity contribution in [3.8, 4) is 0 Å². The summed E-state index contributed by atoms with van der Waals surface area (Å²) in [5, 5.41) is 7.56. The fourth-order valence-corrected chi connectivity index (χ4v) is 4.46. The van der Waals surface area contributed by atoms with E-state index in [9.17, 15) is 4.39 Å². The molecule has 34 heavy (non-hydrogen) atoms. The highest BCUT2D eigenvalue weighted by Gasteiger charge is 2.38. The van der Waals surface area contributed by atoms with Crippen LogP contribution in [0, 0.1) is 5.82 Å². The molecule has 1 aliphatic heterocycles. The molecule has 3 heterocycles. The Bertz CT molecular complexity index is 1180. The number of benzene rings is 1. The Morgan fingerprint density at radius 3 is 2.62 bits per heavy atom. The van der Waals surface area contributed by atoms with Crippen molar-refractivity contribution in [2.24, 2.45) is 0 Å². The Labute approximate surface area is 198 Å². The van der Waals surface area contributed by atoms with Gasteiger partial charge in [0.2, 0.25) is 5.95 Å². The van der Waals surface area contributed by atoms with Gasteiger partial charge in [0.25, 0.3) is 0 Å². The number of hydrogen-bond donors (Lipinski definition) is 2. The van der Waals surface area contributed by atoms with Crippen LogP contribution >= 0.6 is 0 Å². The molecule has 0 saturated carbocycles. The van der Waals surface area contributed by atoms with Gasteiger partial charge in [-0.25, -0.2) is 19.3 Å². The van der Waals surface area contributed by atoms with Crippen molar-refractivity contribution in [1.82, 2.24) is 15.0 Å². The Morgan fingerprint density at radius 2 is 1.88 bits per heavy atom. The first-order chi connectivity index (χ1) is 16.7. The second-order valence-electron chi connectivity index (χ2n) is 8.78. The topological polar surface area (TPSA) is 81.2 Å².